The number of hydrogen-bond acceptors (Lipinski definition) is 4. The van der Waals surface area contributed by atoms with E-state index in [-0.39, 0.29) is 5.78 Å². The molecule has 0 amide bonds. The molecule has 1 heterocycles. The molecule has 1 aliphatic carbocycles. The van der Waals surface area contributed by atoms with Crippen LogP contribution in [-0.4, -0.2) is 15.8 Å². The van der Waals surface area contributed by atoms with Gasteiger partial charge in [0.05, 0.1) is 17.2 Å². The summed E-state index contributed by atoms with van der Waals surface area (Å²) in [6.45, 7) is 0. The van der Waals surface area contributed by atoms with E-state index in [0.29, 0.717) is 28.6 Å². The van der Waals surface area contributed by atoms with Crippen molar-refractivity contribution in [2.24, 2.45) is 0 Å². The molecule has 0 saturated carbocycles. The maximum absolute atomic E-state index is 13.0. The van der Waals surface area contributed by atoms with Crippen LogP contribution in [0.15, 0.2) is 140 Å². The number of ether oxygens (including phenoxy) is 1. The molecule has 5 heteroatoms. The number of aromatic nitrogens is 2. The fraction of sp³-hybridized carbons (Fsp3) is 0.0571. The Kier molecular flexibility index (Phi) is 7.09. The predicted octanol–water partition coefficient (Wildman–Crippen LogP) is 8.80. The minimum Gasteiger partial charge on any atom is -0.437 e. The number of para-hydroxylation sites is 2. The number of rotatable bonds is 7. The molecule has 1 unspecified atom stereocenters. The molecule has 4 nitrogen and oxygen atoms in total. The summed E-state index contributed by atoms with van der Waals surface area (Å²) in [7, 11) is 0. The summed E-state index contributed by atoms with van der Waals surface area (Å²) < 4.78 is 6.03. The summed E-state index contributed by atoms with van der Waals surface area (Å²) in [5, 5.41) is 0.696. The Morgan fingerprint density at radius 2 is 1.57 bits per heavy atom. The normalized spacial score (nSPS) is 16.7. The Bertz CT molecular complexity index is 1760. The van der Waals surface area contributed by atoms with E-state index in [4.69, 9.17) is 16.3 Å². The van der Waals surface area contributed by atoms with E-state index in [0.717, 1.165) is 27.7 Å². The fourth-order valence-corrected chi connectivity index (χ4v) is 5.03. The lowest BCUT2D eigenvalue weighted by Gasteiger charge is -2.32. The second-order valence-corrected chi connectivity index (χ2v) is 10.1. The van der Waals surface area contributed by atoms with Crippen molar-refractivity contribution >= 4 is 34.0 Å². The number of hydrogen-bond donors (Lipinski definition) is 0. The maximum atomic E-state index is 13.0. The van der Waals surface area contributed by atoms with Crippen LogP contribution in [0.5, 0.6) is 11.6 Å². The highest BCUT2D eigenvalue weighted by molar-refractivity contribution is 6.30. The van der Waals surface area contributed by atoms with Crippen molar-refractivity contribution in [3.63, 3.8) is 0 Å². The molecule has 0 saturated heterocycles. The molecule has 0 radical (unpaired) electrons. The highest BCUT2D eigenvalue weighted by Crippen LogP contribution is 2.41. The zero-order valence-electron chi connectivity index (χ0n) is 21.6. The van der Waals surface area contributed by atoms with Crippen LogP contribution in [0.1, 0.15) is 27.9 Å². The molecule has 0 fully saturated rings. The SMILES string of the molecule is O=C(C=CC1(c2ccc(Oc3cnc4ccccc4n3)cc2)C=CC=C(c2ccc(Cl)cc2)C1)c1ccccc1. The fourth-order valence-electron chi connectivity index (χ4n) is 4.91. The van der Waals surface area contributed by atoms with Gasteiger partial charge in [-0.2, -0.15) is 0 Å². The molecule has 0 aliphatic heterocycles. The molecule has 5 aromatic rings. The van der Waals surface area contributed by atoms with Crippen LogP contribution in [0.25, 0.3) is 16.6 Å². The Morgan fingerprint density at radius 1 is 0.850 bits per heavy atom. The van der Waals surface area contributed by atoms with Gasteiger partial charge in [0.25, 0.3) is 0 Å². The Balaban J connectivity index is 1.31. The smallest absolute Gasteiger partial charge is 0.238 e. The van der Waals surface area contributed by atoms with Crippen LogP contribution >= 0.6 is 11.6 Å². The van der Waals surface area contributed by atoms with Gasteiger partial charge in [0.15, 0.2) is 5.78 Å². The van der Waals surface area contributed by atoms with E-state index in [1.54, 1.807) is 12.3 Å². The number of ketones is 1. The number of fused-ring (bicyclic) bond motifs is 1. The van der Waals surface area contributed by atoms with Gasteiger partial charge in [-0.3, -0.25) is 4.79 Å². The average Bonchev–Trinajstić information content (AvgIpc) is 3.01. The van der Waals surface area contributed by atoms with E-state index in [2.05, 4.69) is 28.2 Å². The van der Waals surface area contributed by atoms with Crippen molar-refractivity contribution in [2.75, 3.05) is 0 Å². The Morgan fingerprint density at radius 3 is 2.35 bits per heavy atom. The van der Waals surface area contributed by atoms with Crippen LogP contribution in [-0.2, 0) is 5.41 Å². The van der Waals surface area contributed by atoms with Crippen LogP contribution in [0.2, 0.25) is 5.02 Å². The van der Waals surface area contributed by atoms with E-state index in [9.17, 15) is 4.79 Å². The van der Waals surface area contributed by atoms with E-state index < -0.39 is 5.41 Å². The Hall–Kier alpha value is -4.80. The zero-order valence-corrected chi connectivity index (χ0v) is 22.3. The minimum atomic E-state index is -0.532. The second kappa shape index (κ2) is 11.1. The first-order valence-corrected chi connectivity index (χ1v) is 13.4. The molecule has 4 aromatic carbocycles. The van der Waals surface area contributed by atoms with E-state index in [1.165, 1.54) is 0 Å². The van der Waals surface area contributed by atoms with Gasteiger partial charge in [0.1, 0.15) is 5.75 Å². The van der Waals surface area contributed by atoms with Gasteiger partial charge in [0.2, 0.25) is 5.88 Å². The molecule has 40 heavy (non-hydrogen) atoms. The van der Waals surface area contributed by atoms with Gasteiger partial charge < -0.3 is 4.74 Å². The van der Waals surface area contributed by atoms with Crippen LogP contribution in [0, 0.1) is 0 Å². The third kappa shape index (κ3) is 5.49. The van der Waals surface area contributed by atoms with Gasteiger partial charge in [-0.15, -0.1) is 0 Å². The highest BCUT2D eigenvalue weighted by Gasteiger charge is 2.30. The molecule has 1 aromatic heterocycles. The molecule has 1 aliphatic rings. The third-order valence-electron chi connectivity index (χ3n) is 7.02. The van der Waals surface area contributed by atoms with Crippen LogP contribution in [0.3, 0.4) is 0 Å². The van der Waals surface area contributed by atoms with E-state index in [1.807, 2.05) is 109 Å². The second-order valence-electron chi connectivity index (χ2n) is 9.66. The molecular formula is C35H25ClN2O2. The number of carbonyl (C=O) groups is 1. The van der Waals surface area contributed by atoms with Crippen LogP contribution in [0.4, 0.5) is 0 Å². The Labute approximate surface area is 238 Å². The maximum Gasteiger partial charge on any atom is 0.238 e. The quantitative estimate of drug-likeness (QED) is 0.153. The summed E-state index contributed by atoms with van der Waals surface area (Å²) in [5.41, 5.74) is 5.00. The first kappa shape index (κ1) is 25.5. The van der Waals surface area contributed by atoms with Crippen molar-refractivity contribution in [3.05, 3.63) is 161 Å². The van der Waals surface area contributed by atoms with Gasteiger partial charge in [-0.05, 0) is 65.6 Å². The summed E-state index contributed by atoms with van der Waals surface area (Å²) >= 11 is 6.14. The number of nitrogens with zero attached hydrogens (tertiary/aromatic N) is 2. The molecule has 0 N–H and O–H groups in total. The summed E-state index contributed by atoms with van der Waals surface area (Å²) in [4.78, 5) is 22.0. The van der Waals surface area contributed by atoms with Crippen molar-refractivity contribution in [2.45, 2.75) is 11.8 Å². The van der Waals surface area contributed by atoms with E-state index >= 15 is 0 Å². The minimum absolute atomic E-state index is 0.0363. The van der Waals surface area contributed by atoms with Crippen molar-refractivity contribution in [1.29, 1.82) is 0 Å². The standard InChI is InChI=1S/C35H25ClN2O2/c36-29-16-12-25(13-17-29)27-9-6-21-35(23-27,22-20-33(39)26-7-2-1-3-8-26)28-14-18-30(19-15-28)40-34-24-37-31-10-4-5-11-32(31)38-34/h1-22,24H,23H2. The lowest BCUT2D eigenvalue weighted by atomic mass is 9.71. The molecular weight excluding hydrogens is 516 g/mol. The molecule has 194 valence electrons. The third-order valence-corrected chi connectivity index (χ3v) is 7.27. The lowest BCUT2D eigenvalue weighted by molar-refractivity contribution is 0.104. The number of benzene rings is 4. The number of halogens is 1. The molecule has 6 rings (SSSR count). The highest BCUT2D eigenvalue weighted by atomic mass is 35.5. The summed E-state index contributed by atoms with van der Waals surface area (Å²) in [6.07, 6.45) is 12.3. The van der Waals surface area contributed by atoms with Crippen molar-refractivity contribution in [1.82, 2.24) is 9.97 Å². The van der Waals surface area contributed by atoms with Crippen LogP contribution < -0.4 is 4.74 Å². The van der Waals surface area contributed by atoms with Crippen molar-refractivity contribution < 1.29 is 9.53 Å². The van der Waals surface area contributed by atoms with Gasteiger partial charge in [-0.1, -0.05) is 103 Å². The number of allylic oxidation sites excluding steroid dienone is 6. The van der Waals surface area contributed by atoms with Gasteiger partial charge in [0, 0.05) is 16.0 Å². The zero-order chi connectivity index (χ0) is 27.4. The lowest BCUT2D eigenvalue weighted by Crippen LogP contribution is -2.23. The largest absolute Gasteiger partial charge is 0.437 e. The summed E-state index contributed by atoms with van der Waals surface area (Å²) in [5.74, 6) is 1.05. The number of carbonyl (C=O) groups excluding carboxylic acids is 1. The molecule has 0 spiro atoms. The molecule has 0 bridgehead atoms. The van der Waals surface area contributed by atoms with Gasteiger partial charge >= 0.3 is 0 Å². The summed E-state index contributed by atoms with van der Waals surface area (Å²) in [6, 6.07) is 32.8. The molecule has 1 atom stereocenters. The monoisotopic (exact) mass is 540 g/mol. The average molecular weight is 541 g/mol. The van der Waals surface area contributed by atoms with Crippen molar-refractivity contribution in [3.8, 4) is 11.6 Å². The first-order chi connectivity index (χ1) is 19.6. The topological polar surface area (TPSA) is 52.1 Å². The predicted molar refractivity (Wildman–Crippen MR) is 161 cm³/mol. The first-order valence-electron chi connectivity index (χ1n) is 13.0. The van der Waals surface area contributed by atoms with Gasteiger partial charge in [-0.25, -0.2) is 9.97 Å².